The van der Waals surface area contributed by atoms with Gasteiger partial charge in [-0.05, 0) is 50.0 Å². The van der Waals surface area contributed by atoms with Crippen LogP contribution in [0.1, 0.15) is 39.0 Å². The molecule has 2 aliphatic carbocycles. The van der Waals surface area contributed by atoms with Gasteiger partial charge >= 0.3 is 0 Å². The zero-order valence-corrected chi connectivity index (χ0v) is 14.6. The number of carbonyl (C=O) groups excluding carboxylic acids is 1. The standard InChI is InChI=1S/C19H26N2OS/c1-13-5-7-14(8-6-13)21-18(22)15-12-23-19-10-3-2-4-17(19)20-11-9-16(15)19/h2-4,10,13-16H,5-9,11-12H2,1H3,(H,21,22). The number of hydrogen-bond donors (Lipinski definition) is 1. The molecule has 1 amide bonds. The van der Waals surface area contributed by atoms with E-state index in [0.29, 0.717) is 17.9 Å². The van der Waals surface area contributed by atoms with E-state index in [1.54, 1.807) is 0 Å². The Bertz CT molecular complexity index is 574. The van der Waals surface area contributed by atoms with E-state index in [1.165, 1.54) is 18.6 Å². The summed E-state index contributed by atoms with van der Waals surface area (Å²) in [5.74, 6) is 2.59. The summed E-state index contributed by atoms with van der Waals surface area (Å²) in [5, 5.41) is 3.37. The molecule has 1 N–H and O–H groups in total. The molecule has 3 atom stereocenters. The van der Waals surface area contributed by atoms with Crippen molar-refractivity contribution in [3.8, 4) is 0 Å². The Morgan fingerprint density at radius 3 is 2.91 bits per heavy atom. The minimum absolute atomic E-state index is 0.0317. The van der Waals surface area contributed by atoms with Crippen molar-refractivity contribution in [1.29, 1.82) is 0 Å². The molecule has 1 saturated heterocycles. The molecular weight excluding hydrogens is 304 g/mol. The third kappa shape index (κ3) is 2.69. The molecule has 124 valence electrons. The quantitative estimate of drug-likeness (QED) is 0.843. The van der Waals surface area contributed by atoms with Crippen molar-refractivity contribution in [2.75, 3.05) is 12.3 Å². The minimum atomic E-state index is -0.0317. The van der Waals surface area contributed by atoms with Crippen molar-refractivity contribution in [3.63, 3.8) is 0 Å². The Labute approximate surface area is 143 Å². The van der Waals surface area contributed by atoms with E-state index in [-0.39, 0.29) is 10.7 Å². The van der Waals surface area contributed by atoms with E-state index in [4.69, 9.17) is 4.99 Å². The monoisotopic (exact) mass is 330 g/mol. The summed E-state index contributed by atoms with van der Waals surface area (Å²) in [6.45, 7) is 3.19. The summed E-state index contributed by atoms with van der Waals surface area (Å²) in [6, 6.07) is 0.402. The van der Waals surface area contributed by atoms with Gasteiger partial charge in [-0.25, -0.2) is 0 Å². The highest BCUT2D eigenvalue weighted by Gasteiger charge is 2.54. The molecule has 4 aliphatic rings. The van der Waals surface area contributed by atoms with Crippen molar-refractivity contribution in [2.45, 2.75) is 49.8 Å². The van der Waals surface area contributed by atoms with Crippen LogP contribution in [0.2, 0.25) is 0 Å². The molecule has 2 aliphatic heterocycles. The Balaban J connectivity index is 1.46. The number of thioether (sulfide) groups is 1. The zero-order chi connectivity index (χ0) is 15.9. The molecule has 0 aromatic rings. The van der Waals surface area contributed by atoms with Gasteiger partial charge in [0.15, 0.2) is 0 Å². The summed E-state index contributed by atoms with van der Waals surface area (Å²) in [5.41, 5.74) is 1.18. The highest BCUT2D eigenvalue weighted by atomic mass is 32.2. The first-order chi connectivity index (χ1) is 11.2. The van der Waals surface area contributed by atoms with E-state index in [2.05, 4.69) is 36.5 Å². The van der Waals surface area contributed by atoms with Gasteiger partial charge in [0, 0.05) is 18.3 Å². The van der Waals surface area contributed by atoms with Crippen LogP contribution >= 0.6 is 11.8 Å². The predicted octanol–water partition coefficient (Wildman–Crippen LogP) is 3.37. The molecule has 4 heteroatoms. The first-order valence-corrected chi connectivity index (χ1v) is 10.0. The number of amides is 1. The van der Waals surface area contributed by atoms with E-state index in [9.17, 15) is 4.79 Å². The second kappa shape index (κ2) is 6.12. The average molecular weight is 330 g/mol. The van der Waals surface area contributed by atoms with Crippen LogP contribution in [0.25, 0.3) is 0 Å². The summed E-state index contributed by atoms with van der Waals surface area (Å²) in [7, 11) is 0. The minimum Gasteiger partial charge on any atom is -0.353 e. The third-order valence-corrected chi connectivity index (χ3v) is 7.72. The first-order valence-electron chi connectivity index (χ1n) is 9.04. The van der Waals surface area contributed by atoms with E-state index in [1.807, 2.05) is 11.8 Å². The number of carbonyl (C=O) groups is 1. The molecule has 2 heterocycles. The first kappa shape index (κ1) is 15.5. The number of rotatable bonds is 2. The fourth-order valence-corrected chi connectivity index (χ4v) is 6.42. The average Bonchev–Trinajstić information content (AvgIpc) is 2.95. The van der Waals surface area contributed by atoms with Crippen molar-refractivity contribution >= 4 is 23.4 Å². The number of allylic oxidation sites excluding steroid dienone is 3. The number of aliphatic imine (C=N–C) groups is 1. The van der Waals surface area contributed by atoms with Crippen molar-refractivity contribution in [1.82, 2.24) is 5.32 Å². The SMILES string of the molecule is CC1CCC(NC(=O)C2CSC34C=CC=CC3=NCCC24)CC1. The Morgan fingerprint density at radius 1 is 1.26 bits per heavy atom. The van der Waals surface area contributed by atoms with Crippen LogP contribution in [0.3, 0.4) is 0 Å². The van der Waals surface area contributed by atoms with Crippen LogP contribution in [-0.4, -0.2) is 34.7 Å². The van der Waals surface area contributed by atoms with Crippen LogP contribution in [-0.2, 0) is 4.79 Å². The lowest BCUT2D eigenvalue weighted by atomic mass is 9.74. The van der Waals surface area contributed by atoms with Gasteiger partial charge in [-0.3, -0.25) is 9.79 Å². The molecule has 0 aromatic heterocycles. The van der Waals surface area contributed by atoms with Crippen LogP contribution in [0.4, 0.5) is 0 Å². The fourth-order valence-electron chi connectivity index (χ4n) is 4.63. The molecule has 1 saturated carbocycles. The van der Waals surface area contributed by atoms with Crippen molar-refractivity contribution in [2.24, 2.45) is 22.7 Å². The molecule has 0 radical (unpaired) electrons. The van der Waals surface area contributed by atoms with Gasteiger partial charge in [-0.1, -0.05) is 25.2 Å². The second-order valence-electron chi connectivity index (χ2n) is 7.56. The van der Waals surface area contributed by atoms with Crippen LogP contribution in [0, 0.1) is 17.8 Å². The summed E-state index contributed by atoms with van der Waals surface area (Å²) < 4.78 is -0.0317. The van der Waals surface area contributed by atoms with Crippen LogP contribution < -0.4 is 5.32 Å². The molecule has 1 spiro atoms. The maximum absolute atomic E-state index is 12.9. The smallest absolute Gasteiger partial charge is 0.224 e. The fraction of sp³-hybridized carbons (Fsp3) is 0.684. The van der Waals surface area contributed by atoms with Crippen molar-refractivity contribution in [3.05, 3.63) is 24.3 Å². The molecular formula is C19H26N2OS. The van der Waals surface area contributed by atoms with E-state index >= 15 is 0 Å². The highest BCUT2D eigenvalue weighted by molar-refractivity contribution is 8.02. The van der Waals surface area contributed by atoms with E-state index in [0.717, 1.165) is 37.5 Å². The summed E-state index contributed by atoms with van der Waals surface area (Å²) >= 11 is 1.93. The third-order valence-electron chi connectivity index (χ3n) is 6.07. The van der Waals surface area contributed by atoms with Crippen molar-refractivity contribution < 1.29 is 4.79 Å². The van der Waals surface area contributed by atoms with Gasteiger partial charge in [0.25, 0.3) is 0 Å². The van der Waals surface area contributed by atoms with Crippen LogP contribution in [0.15, 0.2) is 29.3 Å². The Hall–Kier alpha value is -1.03. The Morgan fingerprint density at radius 2 is 2.09 bits per heavy atom. The van der Waals surface area contributed by atoms with Gasteiger partial charge in [0.1, 0.15) is 0 Å². The Kier molecular flexibility index (Phi) is 4.12. The van der Waals surface area contributed by atoms with Gasteiger partial charge in [0.05, 0.1) is 16.4 Å². The molecule has 23 heavy (non-hydrogen) atoms. The lowest BCUT2D eigenvalue weighted by molar-refractivity contribution is -0.126. The zero-order valence-electron chi connectivity index (χ0n) is 13.8. The lowest BCUT2D eigenvalue weighted by Crippen LogP contribution is -2.48. The molecule has 0 bridgehead atoms. The summed E-state index contributed by atoms with van der Waals surface area (Å²) in [6.07, 6.45) is 14.5. The van der Waals surface area contributed by atoms with Gasteiger partial charge < -0.3 is 5.32 Å². The highest BCUT2D eigenvalue weighted by Crippen LogP contribution is 2.52. The van der Waals surface area contributed by atoms with Gasteiger partial charge in [0.2, 0.25) is 5.91 Å². The number of hydrogen-bond acceptors (Lipinski definition) is 3. The molecule has 3 nitrogen and oxygen atoms in total. The molecule has 4 rings (SSSR count). The van der Waals surface area contributed by atoms with E-state index < -0.39 is 0 Å². The lowest BCUT2D eigenvalue weighted by Gasteiger charge is -2.38. The maximum Gasteiger partial charge on any atom is 0.224 e. The number of nitrogens with one attached hydrogen (secondary N) is 1. The maximum atomic E-state index is 12.9. The molecule has 2 fully saturated rings. The normalized spacial score (nSPS) is 41.9. The molecule has 0 aromatic carbocycles. The predicted molar refractivity (Wildman–Crippen MR) is 96.9 cm³/mol. The van der Waals surface area contributed by atoms with Gasteiger partial charge in [-0.2, -0.15) is 0 Å². The second-order valence-corrected chi connectivity index (χ2v) is 8.85. The van der Waals surface area contributed by atoms with Gasteiger partial charge in [-0.15, -0.1) is 11.8 Å². The molecule has 3 unspecified atom stereocenters. The number of nitrogens with zero attached hydrogens (tertiary/aromatic N) is 1. The largest absolute Gasteiger partial charge is 0.353 e. The summed E-state index contributed by atoms with van der Waals surface area (Å²) in [4.78, 5) is 17.6. The van der Waals surface area contributed by atoms with Crippen LogP contribution in [0.5, 0.6) is 0 Å². The topological polar surface area (TPSA) is 41.5 Å².